The van der Waals surface area contributed by atoms with Gasteiger partial charge in [0.2, 0.25) is 5.91 Å². The van der Waals surface area contributed by atoms with Crippen LogP contribution in [0.15, 0.2) is 0 Å². The number of carboxylic acid groups (broad SMARTS) is 1. The second-order valence-electron chi connectivity index (χ2n) is 6.26. The molecule has 0 aliphatic carbocycles. The van der Waals surface area contributed by atoms with Gasteiger partial charge in [0.25, 0.3) is 0 Å². The number of carboxylic acids is 1. The van der Waals surface area contributed by atoms with Crippen LogP contribution < -0.4 is 5.32 Å². The summed E-state index contributed by atoms with van der Waals surface area (Å²) in [6.45, 7) is 4.45. The van der Waals surface area contributed by atoms with Gasteiger partial charge in [-0.05, 0) is 32.9 Å². The van der Waals surface area contributed by atoms with Gasteiger partial charge in [-0.1, -0.05) is 0 Å². The van der Waals surface area contributed by atoms with Crippen LogP contribution in [0.3, 0.4) is 0 Å². The lowest BCUT2D eigenvalue weighted by Gasteiger charge is -2.51. The van der Waals surface area contributed by atoms with Crippen molar-refractivity contribution in [3.05, 3.63) is 0 Å². The molecule has 0 atom stereocenters. The average molecular weight is 300 g/mol. The Balaban J connectivity index is 1.93. The third-order valence-corrected chi connectivity index (χ3v) is 4.32. The minimum absolute atomic E-state index is 0.0993. The number of aliphatic carboxylic acids is 1. The molecule has 2 aliphatic heterocycles. The Hall–Kier alpha value is -1.18. The zero-order chi connectivity index (χ0) is 15.5. The molecule has 0 saturated carbocycles. The predicted octanol–water partition coefficient (Wildman–Crippen LogP) is -0.295. The Morgan fingerprint density at radius 3 is 2.43 bits per heavy atom. The summed E-state index contributed by atoms with van der Waals surface area (Å²) in [6.07, 6.45) is 1.53. The van der Waals surface area contributed by atoms with E-state index in [0.29, 0.717) is 19.7 Å². The van der Waals surface area contributed by atoms with Crippen LogP contribution in [0.1, 0.15) is 19.8 Å². The van der Waals surface area contributed by atoms with Crippen molar-refractivity contribution in [1.29, 1.82) is 0 Å². The number of nitrogens with one attached hydrogen (secondary N) is 1. The third-order valence-electron chi connectivity index (χ3n) is 4.32. The molecule has 7 nitrogen and oxygen atoms in total. The smallest absolute Gasteiger partial charge is 0.329 e. The summed E-state index contributed by atoms with van der Waals surface area (Å²) >= 11 is 0. The molecule has 2 heterocycles. The van der Waals surface area contributed by atoms with Gasteiger partial charge in [0.05, 0.1) is 25.1 Å². The van der Waals surface area contributed by atoms with Crippen LogP contribution >= 0.6 is 0 Å². The summed E-state index contributed by atoms with van der Waals surface area (Å²) in [5, 5.41) is 11.9. The average Bonchev–Trinajstić information content (AvgIpc) is 2.42. The monoisotopic (exact) mass is 300 g/mol. The summed E-state index contributed by atoms with van der Waals surface area (Å²) in [4.78, 5) is 25.1. The first kappa shape index (κ1) is 16.2. The van der Waals surface area contributed by atoms with Crippen LogP contribution in [0.25, 0.3) is 0 Å². The Kier molecular flexibility index (Phi) is 4.85. The van der Waals surface area contributed by atoms with Crippen LogP contribution in [-0.4, -0.2) is 74.0 Å². The number of carbonyl (C=O) groups excluding carboxylic acids is 1. The number of amides is 1. The van der Waals surface area contributed by atoms with Crippen molar-refractivity contribution in [2.75, 3.05) is 46.5 Å². The Bertz CT molecular complexity index is 395. The molecule has 2 fully saturated rings. The fourth-order valence-electron chi connectivity index (χ4n) is 3.17. The lowest BCUT2D eigenvalue weighted by atomic mass is 9.76. The standard InChI is InChI=1S/C14H24N2O5/c1-13(21-7-11(17)18)8-16(9-13)12(19)14(10-20-2)3-5-15-6-4-14/h15H,3-10H2,1-2H3,(H,17,18). The van der Waals surface area contributed by atoms with Gasteiger partial charge in [0.1, 0.15) is 12.2 Å². The largest absolute Gasteiger partial charge is 0.480 e. The number of piperidine rings is 1. The number of methoxy groups -OCH3 is 1. The quantitative estimate of drug-likeness (QED) is 0.700. The van der Waals surface area contributed by atoms with E-state index in [1.54, 1.807) is 12.0 Å². The third kappa shape index (κ3) is 3.53. The van der Waals surface area contributed by atoms with Crippen molar-refractivity contribution >= 4 is 11.9 Å². The number of hydrogen-bond acceptors (Lipinski definition) is 5. The first-order valence-corrected chi connectivity index (χ1v) is 7.26. The summed E-state index contributed by atoms with van der Waals surface area (Å²) in [5.74, 6) is -0.891. The highest BCUT2D eigenvalue weighted by Gasteiger charge is 2.50. The number of rotatable bonds is 6. The molecule has 0 aromatic heterocycles. The number of likely N-dealkylation sites (tertiary alicyclic amines) is 1. The van der Waals surface area contributed by atoms with E-state index in [9.17, 15) is 9.59 Å². The molecule has 2 N–H and O–H groups in total. The molecular formula is C14H24N2O5. The second kappa shape index (κ2) is 6.29. The van der Waals surface area contributed by atoms with Crippen LogP contribution in [0.5, 0.6) is 0 Å². The molecule has 0 radical (unpaired) electrons. The minimum atomic E-state index is -0.991. The van der Waals surface area contributed by atoms with Crippen LogP contribution in [0.2, 0.25) is 0 Å². The molecule has 21 heavy (non-hydrogen) atoms. The molecule has 0 aromatic carbocycles. The van der Waals surface area contributed by atoms with E-state index in [-0.39, 0.29) is 12.5 Å². The number of hydrogen-bond donors (Lipinski definition) is 2. The topological polar surface area (TPSA) is 88.1 Å². The van der Waals surface area contributed by atoms with Crippen molar-refractivity contribution in [1.82, 2.24) is 10.2 Å². The Morgan fingerprint density at radius 1 is 1.29 bits per heavy atom. The first-order valence-electron chi connectivity index (χ1n) is 7.26. The van der Waals surface area contributed by atoms with E-state index in [1.165, 1.54) is 0 Å². The summed E-state index contributed by atoms with van der Waals surface area (Å²) in [6, 6.07) is 0. The van der Waals surface area contributed by atoms with Gasteiger partial charge < -0.3 is 24.8 Å². The van der Waals surface area contributed by atoms with Gasteiger partial charge in [-0.15, -0.1) is 0 Å². The van der Waals surface area contributed by atoms with Gasteiger partial charge >= 0.3 is 5.97 Å². The lowest BCUT2D eigenvalue weighted by molar-refractivity contribution is -0.182. The fraction of sp³-hybridized carbons (Fsp3) is 0.857. The van der Waals surface area contributed by atoms with E-state index in [2.05, 4.69) is 5.32 Å². The van der Waals surface area contributed by atoms with E-state index >= 15 is 0 Å². The maximum Gasteiger partial charge on any atom is 0.329 e. The number of nitrogens with zero attached hydrogens (tertiary/aromatic N) is 1. The SMILES string of the molecule is COCC1(C(=O)N2CC(C)(OCC(=O)O)C2)CCNCC1. The molecule has 0 unspecified atom stereocenters. The summed E-state index contributed by atoms with van der Waals surface area (Å²) in [5.41, 5.74) is -0.997. The highest BCUT2D eigenvalue weighted by Crippen LogP contribution is 2.36. The number of ether oxygens (including phenoxy) is 2. The maximum absolute atomic E-state index is 12.8. The Labute approximate surface area is 124 Å². The molecule has 0 bridgehead atoms. The predicted molar refractivity (Wildman–Crippen MR) is 75.0 cm³/mol. The molecule has 0 spiro atoms. The molecule has 120 valence electrons. The van der Waals surface area contributed by atoms with Crippen molar-refractivity contribution < 1.29 is 24.2 Å². The van der Waals surface area contributed by atoms with Gasteiger partial charge in [0, 0.05) is 7.11 Å². The highest BCUT2D eigenvalue weighted by atomic mass is 16.5. The van der Waals surface area contributed by atoms with E-state index in [1.807, 2.05) is 6.92 Å². The zero-order valence-electron chi connectivity index (χ0n) is 12.7. The van der Waals surface area contributed by atoms with E-state index in [4.69, 9.17) is 14.6 Å². The highest BCUT2D eigenvalue weighted by molar-refractivity contribution is 5.84. The van der Waals surface area contributed by atoms with Crippen molar-refractivity contribution in [2.45, 2.75) is 25.4 Å². The van der Waals surface area contributed by atoms with Crippen molar-refractivity contribution in [2.24, 2.45) is 5.41 Å². The van der Waals surface area contributed by atoms with Gasteiger partial charge in [-0.25, -0.2) is 4.79 Å². The molecule has 1 amide bonds. The summed E-state index contributed by atoms with van der Waals surface area (Å²) in [7, 11) is 1.62. The van der Waals surface area contributed by atoms with Gasteiger partial charge in [-0.3, -0.25) is 4.79 Å². The van der Waals surface area contributed by atoms with E-state index in [0.717, 1.165) is 25.9 Å². The van der Waals surface area contributed by atoms with E-state index < -0.39 is 17.0 Å². The van der Waals surface area contributed by atoms with Crippen LogP contribution in [0, 0.1) is 5.41 Å². The summed E-state index contributed by atoms with van der Waals surface area (Å²) < 4.78 is 10.6. The minimum Gasteiger partial charge on any atom is -0.480 e. The van der Waals surface area contributed by atoms with Gasteiger partial charge in [0.15, 0.2) is 0 Å². The first-order chi connectivity index (χ1) is 9.91. The molecule has 7 heteroatoms. The van der Waals surface area contributed by atoms with Crippen molar-refractivity contribution in [3.63, 3.8) is 0 Å². The van der Waals surface area contributed by atoms with Gasteiger partial charge in [-0.2, -0.15) is 0 Å². The molecular weight excluding hydrogens is 276 g/mol. The van der Waals surface area contributed by atoms with Crippen LogP contribution in [0.4, 0.5) is 0 Å². The Morgan fingerprint density at radius 2 is 1.90 bits per heavy atom. The fourth-order valence-corrected chi connectivity index (χ4v) is 3.17. The maximum atomic E-state index is 12.8. The molecule has 2 rings (SSSR count). The lowest BCUT2D eigenvalue weighted by Crippen LogP contribution is -2.67. The zero-order valence-corrected chi connectivity index (χ0v) is 12.7. The van der Waals surface area contributed by atoms with Crippen molar-refractivity contribution in [3.8, 4) is 0 Å². The van der Waals surface area contributed by atoms with Crippen LogP contribution in [-0.2, 0) is 19.1 Å². The molecule has 0 aromatic rings. The molecule has 2 saturated heterocycles. The normalized spacial score (nSPS) is 23.4. The molecule has 2 aliphatic rings. The number of carbonyl (C=O) groups is 2. The second-order valence-corrected chi connectivity index (χ2v) is 6.26.